The van der Waals surface area contributed by atoms with Crippen LogP contribution in [-0.2, 0) is 10.3 Å². The standard InChI is InChI=1S/C9H8F2O2/c1-8(9(10,11)13-8)6-4-2-3-5-7(6)12/h2-5,12H,1H3. The fraction of sp³-hybridized carbons (Fsp3) is 0.333. The fourth-order valence-electron chi connectivity index (χ4n) is 1.32. The summed E-state index contributed by atoms with van der Waals surface area (Å²) in [4.78, 5) is 0. The molecule has 0 aromatic heterocycles. The minimum absolute atomic E-state index is 0.125. The minimum Gasteiger partial charge on any atom is -0.508 e. The molecule has 1 aromatic rings. The molecule has 1 unspecified atom stereocenters. The molecule has 1 aliphatic rings. The van der Waals surface area contributed by atoms with Crippen molar-refractivity contribution in [3.8, 4) is 5.75 Å². The summed E-state index contributed by atoms with van der Waals surface area (Å²) in [7, 11) is 0. The first kappa shape index (κ1) is 8.44. The van der Waals surface area contributed by atoms with Gasteiger partial charge in [-0.1, -0.05) is 18.2 Å². The highest BCUT2D eigenvalue weighted by Crippen LogP contribution is 2.59. The highest BCUT2D eigenvalue weighted by Gasteiger charge is 2.72. The van der Waals surface area contributed by atoms with E-state index in [2.05, 4.69) is 4.74 Å². The molecule has 0 spiro atoms. The quantitative estimate of drug-likeness (QED) is 0.682. The van der Waals surface area contributed by atoms with E-state index in [4.69, 9.17) is 0 Å². The molecule has 0 radical (unpaired) electrons. The van der Waals surface area contributed by atoms with Crippen LogP contribution in [0.5, 0.6) is 5.75 Å². The Morgan fingerprint density at radius 3 is 2.31 bits per heavy atom. The lowest BCUT2D eigenvalue weighted by Crippen LogP contribution is -2.11. The summed E-state index contributed by atoms with van der Waals surface area (Å²) in [6.45, 7) is 1.25. The molecule has 70 valence electrons. The van der Waals surface area contributed by atoms with Gasteiger partial charge in [0.25, 0.3) is 0 Å². The van der Waals surface area contributed by atoms with Crippen molar-refractivity contribution >= 4 is 0 Å². The molecule has 1 aromatic carbocycles. The Bertz CT molecular complexity index is 351. The maximum Gasteiger partial charge on any atom is 0.390 e. The van der Waals surface area contributed by atoms with Crippen molar-refractivity contribution in [2.24, 2.45) is 0 Å². The van der Waals surface area contributed by atoms with Gasteiger partial charge in [-0.3, -0.25) is 4.74 Å². The highest BCUT2D eigenvalue weighted by atomic mass is 19.3. The molecule has 13 heavy (non-hydrogen) atoms. The number of benzene rings is 1. The van der Waals surface area contributed by atoms with Crippen molar-refractivity contribution < 1.29 is 18.6 Å². The van der Waals surface area contributed by atoms with Gasteiger partial charge in [0.2, 0.25) is 0 Å². The number of para-hydroxylation sites is 1. The summed E-state index contributed by atoms with van der Waals surface area (Å²) < 4.78 is 29.7. The zero-order valence-corrected chi connectivity index (χ0v) is 6.92. The van der Waals surface area contributed by atoms with Crippen LogP contribution in [0.2, 0.25) is 0 Å². The van der Waals surface area contributed by atoms with E-state index in [1.807, 2.05) is 0 Å². The molecule has 1 aliphatic heterocycles. The molecule has 0 bridgehead atoms. The molecule has 1 heterocycles. The average Bonchev–Trinajstić information content (AvgIpc) is 2.53. The average molecular weight is 186 g/mol. The van der Waals surface area contributed by atoms with E-state index < -0.39 is 11.7 Å². The summed E-state index contributed by atoms with van der Waals surface area (Å²) in [5, 5.41) is 9.31. The largest absolute Gasteiger partial charge is 0.508 e. The molecule has 1 N–H and O–H groups in total. The maximum absolute atomic E-state index is 12.7. The van der Waals surface area contributed by atoms with Crippen LogP contribution in [0, 0.1) is 0 Å². The van der Waals surface area contributed by atoms with E-state index in [0.717, 1.165) is 0 Å². The van der Waals surface area contributed by atoms with Gasteiger partial charge in [-0.2, -0.15) is 8.78 Å². The van der Waals surface area contributed by atoms with Crippen LogP contribution in [-0.4, -0.2) is 11.2 Å². The van der Waals surface area contributed by atoms with Crippen LogP contribution in [0.15, 0.2) is 24.3 Å². The van der Waals surface area contributed by atoms with E-state index >= 15 is 0 Å². The predicted octanol–water partition coefficient (Wildman–Crippen LogP) is 2.23. The minimum atomic E-state index is -3.16. The Hall–Kier alpha value is -1.16. The normalized spacial score (nSPS) is 30.1. The lowest BCUT2D eigenvalue weighted by Gasteiger charge is -2.06. The van der Waals surface area contributed by atoms with Crippen LogP contribution < -0.4 is 0 Å². The van der Waals surface area contributed by atoms with Crippen LogP contribution in [0.25, 0.3) is 0 Å². The Balaban J connectivity index is 2.44. The van der Waals surface area contributed by atoms with Gasteiger partial charge in [-0.05, 0) is 13.0 Å². The zero-order chi connectivity index (χ0) is 9.69. The van der Waals surface area contributed by atoms with Crippen LogP contribution in [0.1, 0.15) is 12.5 Å². The molecule has 2 rings (SSSR count). The molecule has 1 fully saturated rings. The number of epoxide rings is 1. The van der Waals surface area contributed by atoms with Gasteiger partial charge in [0.1, 0.15) is 5.75 Å². The van der Waals surface area contributed by atoms with Crippen molar-refractivity contribution in [1.82, 2.24) is 0 Å². The van der Waals surface area contributed by atoms with E-state index in [1.165, 1.54) is 19.1 Å². The SMILES string of the molecule is CC1(c2ccccc2O)OC1(F)F. The smallest absolute Gasteiger partial charge is 0.390 e. The summed E-state index contributed by atoms with van der Waals surface area (Å²) >= 11 is 0. The first-order valence-corrected chi connectivity index (χ1v) is 3.84. The first-order valence-electron chi connectivity index (χ1n) is 3.84. The van der Waals surface area contributed by atoms with Crippen molar-refractivity contribution in [1.29, 1.82) is 0 Å². The van der Waals surface area contributed by atoms with Gasteiger partial charge < -0.3 is 5.11 Å². The first-order chi connectivity index (χ1) is 5.97. The summed E-state index contributed by atoms with van der Waals surface area (Å²) in [5.74, 6) is -0.165. The lowest BCUT2D eigenvalue weighted by atomic mass is 10.00. The second-order valence-electron chi connectivity index (χ2n) is 3.17. The van der Waals surface area contributed by atoms with Gasteiger partial charge >= 0.3 is 6.11 Å². The highest BCUT2D eigenvalue weighted by molar-refractivity contribution is 5.40. The van der Waals surface area contributed by atoms with Gasteiger partial charge in [0.15, 0.2) is 5.60 Å². The van der Waals surface area contributed by atoms with E-state index in [0.29, 0.717) is 0 Å². The number of aromatic hydroxyl groups is 1. The Morgan fingerprint density at radius 1 is 1.31 bits per heavy atom. The lowest BCUT2D eigenvalue weighted by molar-refractivity contribution is 0.000721. The van der Waals surface area contributed by atoms with E-state index in [-0.39, 0.29) is 11.3 Å². The van der Waals surface area contributed by atoms with Crippen molar-refractivity contribution in [3.05, 3.63) is 29.8 Å². The Morgan fingerprint density at radius 2 is 1.85 bits per heavy atom. The van der Waals surface area contributed by atoms with Crippen molar-refractivity contribution in [2.75, 3.05) is 0 Å². The van der Waals surface area contributed by atoms with Crippen LogP contribution in [0.3, 0.4) is 0 Å². The molecule has 2 nitrogen and oxygen atoms in total. The van der Waals surface area contributed by atoms with Gasteiger partial charge in [0, 0.05) is 5.56 Å². The van der Waals surface area contributed by atoms with Crippen molar-refractivity contribution in [3.63, 3.8) is 0 Å². The number of hydrogen-bond donors (Lipinski definition) is 1. The zero-order valence-electron chi connectivity index (χ0n) is 6.92. The number of hydrogen-bond acceptors (Lipinski definition) is 2. The molecular formula is C9H8F2O2. The van der Waals surface area contributed by atoms with Gasteiger partial charge in [-0.15, -0.1) is 0 Å². The monoisotopic (exact) mass is 186 g/mol. The fourth-order valence-corrected chi connectivity index (χ4v) is 1.32. The van der Waals surface area contributed by atoms with E-state index in [9.17, 15) is 13.9 Å². The van der Waals surface area contributed by atoms with Crippen LogP contribution >= 0.6 is 0 Å². The molecule has 4 heteroatoms. The topological polar surface area (TPSA) is 32.8 Å². The number of ether oxygens (including phenoxy) is 1. The summed E-state index contributed by atoms with van der Waals surface area (Å²) in [6.07, 6.45) is -3.16. The van der Waals surface area contributed by atoms with E-state index in [1.54, 1.807) is 12.1 Å². The number of phenolic OH excluding ortho intramolecular Hbond substituents is 1. The molecular weight excluding hydrogens is 178 g/mol. The summed E-state index contributed by atoms with van der Waals surface area (Å²) in [6, 6.07) is 5.94. The molecule has 0 saturated carbocycles. The summed E-state index contributed by atoms with van der Waals surface area (Å²) in [5.41, 5.74) is -1.53. The number of rotatable bonds is 1. The van der Waals surface area contributed by atoms with Gasteiger partial charge in [0.05, 0.1) is 0 Å². The third kappa shape index (κ3) is 1.02. The molecule has 1 atom stereocenters. The van der Waals surface area contributed by atoms with Gasteiger partial charge in [-0.25, -0.2) is 0 Å². The molecule has 1 saturated heterocycles. The Kier molecular flexibility index (Phi) is 1.43. The molecule has 0 aliphatic carbocycles. The third-order valence-electron chi connectivity index (χ3n) is 2.26. The third-order valence-corrected chi connectivity index (χ3v) is 2.26. The second kappa shape index (κ2) is 2.20. The predicted molar refractivity (Wildman–Crippen MR) is 41.5 cm³/mol. The second-order valence-corrected chi connectivity index (χ2v) is 3.17. The maximum atomic E-state index is 12.7. The Labute approximate surface area is 73.8 Å². The van der Waals surface area contributed by atoms with Crippen molar-refractivity contribution in [2.45, 2.75) is 18.6 Å². The van der Waals surface area contributed by atoms with Crippen LogP contribution in [0.4, 0.5) is 8.78 Å². The number of alkyl halides is 2. The number of phenols is 1. The molecule has 0 amide bonds. The number of halogens is 2.